The standard InChI is InChI=1S/C33H44N4O5.C8H10.CH2O/c1-37(23-25-21-35-33(42-25)32(41)24-13-9-8-10-14-24)20-12-7-5-3-2-4-6-11-19-34-22-29(39)26-15-17-28(38)31-27(26)16-18-30(40)36-31;1-8-6-4-2-3-5-7-8;1-2/h8-10,13-18,21,29,32,34,38-39,41H,2-7,11-12,19-20,22-23H2,1H3,(H,36,40);2,4-7H,3H2,1H3;1H2. The second kappa shape index (κ2) is 23.8. The molecular weight excluding hydrogens is 656 g/mol. The number of carbonyl (C=O) groups excluding carboxylic acids is 1. The molecule has 0 saturated carbocycles. The lowest BCUT2D eigenvalue weighted by Gasteiger charge is -2.15. The van der Waals surface area contributed by atoms with E-state index in [-0.39, 0.29) is 11.3 Å². The molecule has 280 valence electrons. The molecule has 4 aromatic rings. The number of phenols is 1. The van der Waals surface area contributed by atoms with E-state index < -0.39 is 12.2 Å². The highest BCUT2D eigenvalue weighted by Gasteiger charge is 2.17. The van der Waals surface area contributed by atoms with Crippen molar-refractivity contribution in [3.8, 4) is 5.75 Å². The van der Waals surface area contributed by atoms with Gasteiger partial charge in [-0.2, -0.15) is 0 Å². The van der Waals surface area contributed by atoms with Gasteiger partial charge in [-0.25, -0.2) is 4.98 Å². The summed E-state index contributed by atoms with van der Waals surface area (Å²) in [5.41, 5.74) is 2.85. The molecule has 0 saturated heterocycles. The predicted octanol–water partition coefficient (Wildman–Crippen LogP) is 7.44. The van der Waals surface area contributed by atoms with Crippen LogP contribution in [0.15, 0.2) is 106 Å². The number of nitrogens with one attached hydrogen (secondary N) is 2. The number of aliphatic hydroxyl groups excluding tert-OH is 2. The topological polar surface area (TPSA) is 152 Å². The van der Waals surface area contributed by atoms with Crippen molar-refractivity contribution in [3.63, 3.8) is 0 Å². The highest BCUT2D eigenvalue weighted by atomic mass is 16.4. The summed E-state index contributed by atoms with van der Waals surface area (Å²) in [6.45, 7) is 7.03. The Morgan fingerprint density at radius 3 is 2.40 bits per heavy atom. The molecule has 1 aliphatic rings. The molecule has 52 heavy (non-hydrogen) atoms. The fourth-order valence-corrected chi connectivity index (χ4v) is 5.92. The van der Waals surface area contributed by atoms with Gasteiger partial charge < -0.3 is 34.8 Å². The van der Waals surface area contributed by atoms with Crippen molar-refractivity contribution >= 4 is 17.7 Å². The highest BCUT2D eigenvalue weighted by Crippen LogP contribution is 2.28. The summed E-state index contributed by atoms with van der Waals surface area (Å²) in [6.07, 6.45) is 21.4. The number of phenolic OH excluding ortho intramolecular Hbond substituents is 1. The average Bonchev–Trinajstić information content (AvgIpc) is 3.49. The molecule has 2 unspecified atom stereocenters. The average molecular weight is 713 g/mol. The Balaban J connectivity index is 0.000000635. The van der Waals surface area contributed by atoms with E-state index in [1.807, 2.05) is 37.1 Å². The number of nitrogens with zero attached hydrogens (tertiary/aromatic N) is 2. The van der Waals surface area contributed by atoms with Crippen molar-refractivity contribution < 1.29 is 24.5 Å². The van der Waals surface area contributed by atoms with Gasteiger partial charge in [0.05, 0.1) is 24.4 Å². The lowest BCUT2D eigenvalue weighted by atomic mass is 10.0. The van der Waals surface area contributed by atoms with Gasteiger partial charge in [-0.3, -0.25) is 9.69 Å². The van der Waals surface area contributed by atoms with Gasteiger partial charge in [0.25, 0.3) is 0 Å². The maximum absolute atomic E-state index is 11.6. The molecule has 2 aromatic heterocycles. The van der Waals surface area contributed by atoms with Crippen molar-refractivity contribution in [2.24, 2.45) is 0 Å². The summed E-state index contributed by atoms with van der Waals surface area (Å²) >= 11 is 0. The molecule has 0 fully saturated rings. The highest BCUT2D eigenvalue weighted by molar-refractivity contribution is 5.87. The van der Waals surface area contributed by atoms with Gasteiger partial charge in [-0.15, -0.1) is 0 Å². The first-order valence-corrected chi connectivity index (χ1v) is 18.2. The van der Waals surface area contributed by atoms with Crippen LogP contribution in [0.3, 0.4) is 0 Å². The fraction of sp³-hybridized carbons (Fsp3) is 0.405. The second-order valence-electron chi connectivity index (χ2n) is 13.0. The van der Waals surface area contributed by atoms with E-state index in [1.165, 1.54) is 49.8 Å². The molecule has 2 aromatic carbocycles. The summed E-state index contributed by atoms with van der Waals surface area (Å²) in [6, 6.07) is 15.7. The van der Waals surface area contributed by atoms with Gasteiger partial charge >= 0.3 is 0 Å². The van der Waals surface area contributed by atoms with Crippen LogP contribution in [0.25, 0.3) is 10.9 Å². The molecule has 0 bridgehead atoms. The Labute approximate surface area is 307 Å². The summed E-state index contributed by atoms with van der Waals surface area (Å²) < 4.78 is 5.79. The number of oxazole rings is 1. The molecule has 5 rings (SSSR count). The van der Waals surface area contributed by atoms with Crippen LogP contribution in [-0.2, 0) is 11.3 Å². The van der Waals surface area contributed by atoms with E-state index in [0.29, 0.717) is 35.4 Å². The first-order valence-electron chi connectivity index (χ1n) is 18.2. The number of rotatable bonds is 18. The third-order valence-electron chi connectivity index (χ3n) is 8.74. The van der Waals surface area contributed by atoms with Crippen LogP contribution in [0.4, 0.5) is 0 Å². The predicted molar refractivity (Wildman–Crippen MR) is 208 cm³/mol. The monoisotopic (exact) mass is 712 g/mol. The van der Waals surface area contributed by atoms with Gasteiger partial charge in [0, 0.05) is 18.0 Å². The van der Waals surface area contributed by atoms with E-state index in [9.17, 15) is 20.1 Å². The zero-order valence-corrected chi connectivity index (χ0v) is 30.7. The lowest BCUT2D eigenvalue weighted by Crippen LogP contribution is -2.22. The quantitative estimate of drug-likeness (QED) is 0.0663. The maximum Gasteiger partial charge on any atom is 0.248 e. The van der Waals surface area contributed by atoms with Crippen LogP contribution in [0.1, 0.15) is 99.7 Å². The number of benzene rings is 2. The largest absolute Gasteiger partial charge is 0.506 e. The number of hydrogen-bond acceptors (Lipinski definition) is 9. The molecule has 2 atom stereocenters. The second-order valence-corrected chi connectivity index (χ2v) is 13.0. The maximum atomic E-state index is 11.6. The fourth-order valence-electron chi connectivity index (χ4n) is 5.92. The number of aliphatic hydroxyl groups is 2. The number of allylic oxidation sites excluding steroid dienone is 6. The summed E-state index contributed by atoms with van der Waals surface area (Å²) in [7, 11) is 2.08. The molecule has 0 spiro atoms. The van der Waals surface area contributed by atoms with Gasteiger partial charge in [-0.1, -0.05) is 111 Å². The summed E-state index contributed by atoms with van der Waals surface area (Å²) in [4.78, 5) is 28.7. The minimum Gasteiger partial charge on any atom is -0.506 e. The molecule has 10 nitrogen and oxygen atoms in total. The van der Waals surface area contributed by atoms with Crippen molar-refractivity contribution in [1.29, 1.82) is 0 Å². The molecule has 1 aliphatic carbocycles. The van der Waals surface area contributed by atoms with E-state index in [0.717, 1.165) is 50.1 Å². The van der Waals surface area contributed by atoms with Gasteiger partial charge in [0.15, 0.2) is 6.10 Å². The molecule has 0 amide bonds. The number of H-pyrrole nitrogens is 1. The number of aromatic amines is 1. The first kappa shape index (κ1) is 41.8. The zero-order chi connectivity index (χ0) is 37.6. The van der Waals surface area contributed by atoms with Crippen LogP contribution < -0.4 is 10.9 Å². The normalized spacial score (nSPS) is 13.4. The van der Waals surface area contributed by atoms with Gasteiger partial charge in [-0.05, 0) is 69.6 Å². The van der Waals surface area contributed by atoms with Crippen LogP contribution in [0.5, 0.6) is 5.75 Å². The van der Waals surface area contributed by atoms with Crippen molar-refractivity contribution in [1.82, 2.24) is 20.2 Å². The molecule has 0 aliphatic heterocycles. The van der Waals surface area contributed by atoms with E-state index in [2.05, 4.69) is 64.5 Å². The number of carbonyl (C=O) groups is 1. The van der Waals surface area contributed by atoms with Crippen LogP contribution in [0, 0.1) is 0 Å². The first-order chi connectivity index (χ1) is 25.3. The van der Waals surface area contributed by atoms with Crippen LogP contribution >= 0.6 is 0 Å². The van der Waals surface area contributed by atoms with Crippen molar-refractivity contribution in [2.45, 2.75) is 83.5 Å². The van der Waals surface area contributed by atoms with Crippen LogP contribution in [-0.4, -0.2) is 63.7 Å². The van der Waals surface area contributed by atoms with Crippen molar-refractivity contribution in [2.75, 3.05) is 26.7 Å². The number of fused-ring (bicyclic) bond motifs is 1. The Kier molecular flexibility index (Phi) is 19.1. The van der Waals surface area contributed by atoms with E-state index >= 15 is 0 Å². The zero-order valence-electron chi connectivity index (χ0n) is 30.7. The lowest BCUT2D eigenvalue weighted by molar-refractivity contribution is -0.0980. The third kappa shape index (κ3) is 14.6. The summed E-state index contributed by atoms with van der Waals surface area (Å²) in [5, 5.41) is 35.1. The van der Waals surface area contributed by atoms with E-state index in [4.69, 9.17) is 9.21 Å². The number of hydrogen-bond donors (Lipinski definition) is 5. The van der Waals surface area contributed by atoms with E-state index in [1.54, 1.807) is 18.3 Å². The Morgan fingerprint density at radius 1 is 0.942 bits per heavy atom. The number of aromatic nitrogens is 2. The Hall–Kier alpha value is -4.61. The molecule has 2 heterocycles. The minimum atomic E-state index is -0.845. The number of pyridine rings is 1. The Morgan fingerprint density at radius 2 is 1.65 bits per heavy atom. The van der Waals surface area contributed by atoms with Crippen LogP contribution in [0.2, 0.25) is 0 Å². The minimum absolute atomic E-state index is 0.00244. The summed E-state index contributed by atoms with van der Waals surface area (Å²) in [5.74, 6) is 1.09. The molecular formula is C42H56N4O6. The molecule has 10 heteroatoms. The molecule has 5 N–H and O–H groups in total. The third-order valence-corrected chi connectivity index (χ3v) is 8.74. The Bertz CT molecular complexity index is 1750. The smallest absolute Gasteiger partial charge is 0.248 e. The SMILES string of the molecule is C=O.CC1=CC=CCC=C1.CN(CCCCCCCCCCNCC(O)c1ccc(O)c2[nH]c(=O)ccc12)Cc1cnc(C(O)c2ccccc2)o1. The number of unbranched alkanes of at least 4 members (excludes halogenated alkanes) is 7. The number of aromatic hydroxyl groups is 1. The van der Waals surface area contributed by atoms with Crippen molar-refractivity contribution in [3.05, 3.63) is 130 Å². The van der Waals surface area contributed by atoms with Gasteiger partial charge in [0.2, 0.25) is 11.4 Å². The molecule has 0 radical (unpaired) electrons. The van der Waals surface area contributed by atoms with Gasteiger partial charge in [0.1, 0.15) is 18.3 Å².